The van der Waals surface area contributed by atoms with Crippen LogP contribution in [0, 0.1) is 5.82 Å². The van der Waals surface area contributed by atoms with E-state index < -0.39 is 6.09 Å². The molecular formula is C24H20ClFN6O2. The predicted octanol–water partition coefficient (Wildman–Crippen LogP) is 4.39. The number of rotatable bonds is 3. The highest BCUT2D eigenvalue weighted by Gasteiger charge is 2.25. The van der Waals surface area contributed by atoms with Crippen LogP contribution in [-0.4, -0.2) is 52.1 Å². The Morgan fingerprint density at radius 2 is 1.62 bits per heavy atom. The van der Waals surface area contributed by atoms with E-state index in [0.29, 0.717) is 59.5 Å². The third-order valence-electron chi connectivity index (χ3n) is 5.54. The average Bonchev–Trinajstić information content (AvgIpc) is 2.85. The summed E-state index contributed by atoms with van der Waals surface area (Å²) in [5.41, 5.74) is 8.61. The Hall–Kier alpha value is -3.98. The molecule has 2 aromatic carbocycles. The Bertz CT molecular complexity index is 1340. The van der Waals surface area contributed by atoms with Crippen molar-refractivity contribution in [1.82, 2.24) is 19.9 Å². The molecule has 0 unspecified atom stereocenters. The zero-order chi connectivity index (χ0) is 23.7. The van der Waals surface area contributed by atoms with Gasteiger partial charge in [-0.05, 0) is 60.7 Å². The lowest BCUT2D eigenvalue weighted by atomic mass is 10.1. The summed E-state index contributed by atoms with van der Waals surface area (Å²) in [5.74, 6) is 0.860. The number of ether oxygens (including phenoxy) is 1. The molecule has 5 rings (SSSR count). The summed E-state index contributed by atoms with van der Waals surface area (Å²) in [5, 5.41) is 0.570. The van der Waals surface area contributed by atoms with Crippen LogP contribution in [0.2, 0.25) is 5.02 Å². The Labute approximate surface area is 199 Å². The van der Waals surface area contributed by atoms with Crippen LogP contribution in [-0.2, 0) is 0 Å². The number of aromatic nitrogens is 3. The molecule has 0 atom stereocenters. The van der Waals surface area contributed by atoms with Crippen molar-refractivity contribution in [2.24, 2.45) is 0 Å². The number of carbonyl (C=O) groups excluding carboxylic acids is 1. The van der Waals surface area contributed by atoms with Gasteiger partial charge in [0.05, 0.1) is 11.2 Å². The van der Waals surface area contributed by atoms with Gasteiger partial charge in [0.2, 0.25) is 5.95 Å². The minimum absolute atomic E-state index is 0.142. The van der Waals surface area contributed by atoms with Gasteiger partial charge in [-0.15, -0.1) is 0 Å². The highest BCUT2D eigenvalue weighted by molar-refractivity contribution is 6.30. The third kappa shape index (κ3) is 4.55. The summed E-state index contributed by atoms with van der Waals surface area (Å²) in [6.07, 6.45) is -0.425. The third-order valence-corrected chi connectivity index (χ3v) is 5.79. The minimum atomic E-state index is -0.425. The fraction of sp³-hybridized carbons (Fsp3) is 0.167. The number of nitrogen functional groups attached to an aromatic ring is 1. The lowest BCUT2D eigenvalue weighted by Crippen LogP contribution is -2.50. The van der Waals surface area contributed by atoms with E-state index in [-0.39, 0.29) is 11.8 Å². The number of hydrogen-bond acceptors (Lipinski definition) is 7. The number of nitrogens with two attached hydrogens (primary N) is 1. The quantitative estimate of drug-likeness (QED) is 0.466. The van der Waals surface area contributed by atoms with E-state index in [1.54, 1.807) is 41.3 Å². The van der Waals surface area contributed by atoms with Crippen molar-refractivity contribution in [2.45, 2.75) is 0 Å². The number of amides is 1. The van der Waals surface area contributed by atoms with Gasteiger partial charge >= 0.3 is 6.09 Å². The number of fused-ring (bicyclic) bond motifs is 1. The Balaban J connectivity index is 1.35. The van der Waals surface area contributed by atoms with E-state index in [9.17, 15) is 9.18 Å². The van der Waals surface area contributed by atoms with Gasteiger partial charge in [0, 0.05) is 36.8 Å². The van der Waals surface area contributed by atoms with Gasteiger partial charge < -0.3 is 20.3 Å². The molecule has 1 aliphatic heterocycles. The molecule has 0 aliphatic carbocycles. The molecule has 2 aromatic heterocycles. The van der Waals surface area contributed by atoms with E-state index in [1.165, 1.54) is 12.1 Å². The maximum Gasteiger partial charge on any atom is 0.415 e. The molecule has 34 heavy (non-hydrogen) atoms. The van der Waals surface area contributed by atoms with Crippen molar-refractivity contribution in [3.8, 4) is 17.0 Å². The second kappa shape index (κ2) is 9.11. The predicted molar refractivity (Wildman–Crippen MR) is 128 cm³/mol. The fourth-order valence-corrected chi connectivity index (χ4v) is 3.91. The minimum Gasteiger partial charge on any atom is -0.410 e. The van der Waals surface area contributed by atoms with Crippen molar-refractivity contribution in [2.75, 3.05) is 36.8 Å². The molecular weight excluding hydrogens is 459 g/mol. The van der Waals surface area contributed by atoms with Crippen LogP contribution in [0.5, 0.6) is 5.75 Å². The fourth-order valence-electron chi connectivity index (χ4n) is 3.79. The molecule has 2 N–H and O–H groups in total. The van der Waals surface area contributed by atoms with E-state index in [4.69, 9.17) is 27.1 Å². The van der Waals surface area contributed by atoms with Crippen LogP contribution in [0.25, 0.3) is 22.3 Å². The van der Waals surface area contributed by atoms with Gasteiger partial charge in [-0.2, -0.15) is 4.98 Å². The molecule has 3 heterocycles. The monoisotopic (exact) mass is 478 g/mol. The molecule has 0 saturated carbocycles. The SMILES string of the molecule is Nc1nc(N2CCN(C(=O)Oc3ccc(Cl)cc3)CC2)c2nc(-c3ccc(F)cc3)ccc2n1. The number of hydrogen-bond donors (Lipinski definition) is 1. The molecule has 0 spiro atoms. The Morgan fingerprint density at radius 3 is 2.32 bits per heavy atom. The standard InChI is InChI=1S/C24H20ClFN6O2/c25-16-3-7-18(8-4-16)34-24(33)32-13-11-31(12-14-32)22-21-20(29-23(27)30-22)10-9-19(28-21)15-1-5-17(26)6-2-15/h1-10H,11-14H2,(H2,27,29,30). The number of piperazine rings is 1. The highest BCUT2D eigenvalue weighted by Crippen LogP contribution is 2.28. The molecule has 8 nitrogen and oxygen atoms in total. The molecule has 172 valence electrons. The molecule has 4 aromatic rings. The first-order chi connectivity index (χ1) is 16.5. The molecule has 1 saturated heterocycles. The zero-order valence-corrected chi connectivity index (χ0v) is 18.7. The number of halogens is 2. The summed E-state index contributed by atoms with van der Waals surface area (Å²) < 4.78 is 18.8. The summed E-state index contributed by atoms with van der Waals surface area (Å²) in [6, 6.07) is 16.4. The normalized spacial score (nSPS) is 13.8. The van der Waals surface area contributed by atoms with Crippen molar-refractivity contribution in [1.29, 1.82) is 0 Å². The lowest BCUT2D eigenvalue weighted by Gasteiger charge is -2.35. The second-order valence-electron chi connectivity index (χ2n) is 7.77. The summed E-state index contributed by atoms with van der Waals surface area (Å²) >= 11 is 5.88. The van der Waals surface area contributed by atoms with Gasteiger partial charge in [-0.3, -0.25) is 0 Å². The van der Waals surface area contributed by atoms with Crippen LogP contribution >= 0.6 is 11.6 Å². The van der Waals surface area contributed by atoms with Gasteiger partial charge in [0.15, 0.2) is 5.82 Å². The zero-order valence-electron chi connectivity index (χ0n) is 18.0. The molecule has 0 radical (unpaired) electrons. The molecule has 1 fully saturated rings. The first-order valence-electron chi connectivity index (χ1n) is 10.6. The molecule has 1 aliphatic rings. The second-order valence-corrected chi connectivity index (χ2v) is 8.21. The molecule has 1 amide bonds. The lowest BCUT2D eigenvalue weighted by molar-refractivity contribution is 0.149. The largest absolute Gasteiger partial charge is 0.415 e. The van der Waals surface area contributed by atoms with Crippen molar-refractivity contribution < 1.29 is 13.9 Å². The van der Waals surface area contributed by atoms with Gasteiger partial charge in [-0.1, -0.05) is 11.6 Å². The number of carbonyl (C=O) groups is 1. The summed E-state index contributed by atoms with van der Waals surface area (Å²) in [6.45, 7) is 1.92. The summed E-state index contributed by atoms with van der Waals surface area (Å²) in [4.78, 5) is 29.7. The number of pyridine rings is 1. The van der Waals surface area contributed by atoms with Crippen LogP contribution in [0.15, 0.2) is 60.7 Å². The Kier molecular flexibility index (Phi) is 5.85. The van der Waals surface area contributed by atoms with Crippen molar-refractivity contribution in [3.63, 3.8) is 0 Å². The summed E-state index contributed by atoms with van der Waals surface area (Å²) in [7, 11) is 0. The average molecular weight is 479 g/mol. The highest BCUT2D eigenvalue weighted by atomic mass is 35.5. The molecule has 10 heteroatoms. The molecule has 0 bridgehead atoms. The van der Waals surface area contributed by atoms with Crippen LogP contribution in [0.3, 0.4) is 0 Å². The topological polar surface area (TPSA) is 97.5 Å². The van der Waals surface area contributed by atoms with Crippen molar-refractivity contribution >= 4 is 40.5 Å². The number of nitrogens with zero attached hydrogens (tertiary/aromatic N) is 5. The first kappa shape index (κ1) is 21.8. The van der Waals surface area contributed by atoms with Crippen LogP contribution < -0.4 is 15.4 Å². The van der Waals surface area contributed by atoms with Crippen molar-refractivity contribution in [3.05, 3.63) is 71.5 Å². The Morgan fingerprint density at radius 1 is 0.912 bits per heavy atom. The maximum absolute atomic E-state index is 13.3. The van der Waals surface area contributed by atoms with Crippen LogP contribution in [0.4, 0.5) is 21.0 Å². The smallest absolute Gasteiger partial charge is 0.410 e. The van der Waals surface area contributed by atoms with Gasteiger partial charge in [0.1, 0.15) is 17.1 Å². The van der Waals surface area contributed by atoms with Crippen LogP contribution in [0.1, 0.15) is 0 Å². The van der Waals surface area contributed by atoms with Gasteiger partial charge in [-0.25, -0.2) is 19.2 Å². The first-order valence-corrected chi connectivity index (χ1v) is 11.0. The number of anilines is 2. The maximum atomic E-state index is 13.3. The number of benzene rings is 2. The van der Waals surface area contributed by atoms with E-state index in [2.05, 4.69) is 9.97 Å². The van der Waals surface area contributed by atoms with Gasteiger partial charge in [0.25, 0.3) is 0 Å². The van der Waals surface area contributed by atoms with E-state index in [0.717, 1.165) is 5.56 Å². The van der Waals surface area contributed by atoms with E-state index >= 15 is 0 Å². The van der Waals surface area contributed by atoms with E-state index in [1.807, 2.05) is 17.0 Å².